The fraction of sp³-hybridized carbons (Fsp3) is 0.565. The molecule has 0 radical (unpaired) electrons. The van der Waals surface area contributed by atoms with E-state index in [4.69, 9.17) is 5.73 Å². The molecule has 1 aromatic heterocycles. The molecule has 1 aromatic rings. The molecule has 1 heterocycles. The Balaban J connectivity index is 2.28. The number of aromatic nitrogens is 2. The molecule has 5 nitrogen and oxygen atoms in total. The maximum atomic E-state index is 12.3. The lowest BCUT2D eigenvalue weighted by atomic mass is 10.0. The lowest BCUT2D eigenvalue weighted by Crippen LogP contribution is -2.26. The predicted molar refractivity (Wildman–Crippen MR) is 118 cm³/mol. The number of rotatable bonds is 9. The highest BCUT2D eigenvalue weighted by Gasteiger charge is 2.18. The first-order chi connectivity index (χ1) is 13.5. The van der Waals surface area contributed by atoms with Gasteiger partial charge in [-0.3, -0.25) is 4.57 Å². The molecule has 0 amide bonds. The quantitative estimate of drug-likeness (QED) is 0.647. The van der Waals surface area contributed by atoms with Crippen LogP contribution in [-0.4, -0.2) is 21.5 Å². The second-order valence-electron chi connectivity index (χ2n) is 7.63. The molecule has 1 aliphatic carbocycles. The third kappa shape index (κ3) is 5.85. The van der Waals surface area contributed by atoms with Gasteiger partial charge in [0.2, 0.25) is 0 Å². The molecule has 0 bridgehead atoms. The zero-order valence-electron chi connectivity index (χ0n) is 17.9. The number of nitrogens with zero attached hydrogens (tertiary/aromatic N) is 3. The van der Waals surface area contributed by atoms with Gasteiger partial charge in [-0.25, -0.2) is 4.79 Å². The largest absolute Gasteiger partial charge is 0.383 e. The zero-order valence-corrected chi connectivity index (χ0v) is 17.9. The average molecular weight is 385 g/mol. The molecular weight excluding hydrogens is 348 g/mol. The van der Waals surface area contributed by atoms with Crippen molar-refractivity contribution in [2.45, 2.75) is 71.8 Å². The molecule has 2 N–H and O–H groups in total. The molecular formula is C23H36N4O. The topological polar surface area (TPSA) is 64.2 Å². The molecule has 28 heavy (non-hydrogen) atoms. The lowest BCUT2D eigenvalue weighted by Gasteiger charge is -2.22. The van der Waals surface area contributed by atoms with Gasteiger partial charge in [0.25, 0.3) is 0 Å². The molecule has 0 spiro atoms. The normalized spacial score (nSPS) is 18.5. The highest BCUT2D eigenvalue weighted by Crippen LogP contribution is 2.29. The van der Waals surface area contributed by atoms with Crippen LogP contribution in [0.5, 0.6) is 0 Å². The number of hydrogen-bond donors (Lipinski definition) is 1. The van der Waals surface area contributed by atoms with E-state index in [-0.39, 0.29) is 17.5 Å². The van der Waals surface area contributed by atoms with Crippen molar-refractivity contribution in [1.29, 1.82) is 0 Å². The number of hydrogen-bond acceptors (Lipinski definition) is 4. The minimum atomic E-state index is -0.279. The Hall–Kier alpha value is -2.30. The van der Waals surface area contributed by atoms with Crippen molar-refractivity contribution in [3.8, 4) is 0 Å². The summed E-state index contributed by atoms with van der Waals surface area (Å²) >= 11 is 0. The van der Waals surface area contributed by atoms with E-state index in [1.54, 1.807) is 16.8 Å². The van der Waals surface area contributed by atoms with Crippen molar-refractivity contribution >= 4 is 5.82 Å². The first-order valence-corrected chi connectivity index (χ1v) is 10.7. The molecule has 0 saturated carbocycles. The Morgan fingerprint density at radius 3 is 2.79 bits per heavy atom. The smallest absolute Gasteiger partial charge is 0.350 e. The highest BCUT2D eigenvalue weighted by molar-refractivity contribution is 5.34. The van der Waals surface area contributed by atoms with Crippen LogP contribution in [0.25, 0.3) is 0 Å². The van der Waals surface area contributed by atoms with Gasteiger partial charge in [0, 0.05) is 18.9 Å². The van der Waals surface area contributed by atoms with Gasteiger partial charge in [0.05, 0.1) is 6.04 Å². The standard InChI is InChI=1S/C23H36N4O/c1-5-9-18(7-3)13-15-26(4)21-12-8-11-20(17-19(21)10-6-2)27-16-14-22(24)25-23(27)28/h12-18,20H,5-11H2,1-4H3,(H2,24,25,28)/b15-13-/t18-,20?/m1/s1. The molecule has 0 fully saturated rings. The molecule has 0 aliphatic heterocycles. The third-order valence-electron chi connectivity index (χ3n) is 5.40. The monoisotopic (exact) mass is 384 g/mol. The molecule has 154 valence electrons. The minimum Gasteiger partial charge on any atom is -0.383 e. The van der Waals surface area contributed by atoms with E-state index < -0.39 is 0 Å². The van der Waals surface area contributed by atoms with Gasteiger partial charge in [-0.2, -0.15) is 4.98 Å². The van der Waals surface area contributed by atoms with Crippen LogP contribution in [-0.2, 0) is 0 Å². The molecule has 2 atom stereocenters. The summed E-state index contributed by atoms with van der Waals surface area (Å²) in [5.74, 6) is 0.901. The molecule has 5 heteroatoms. The fourth-order valence-electron chi connectivity index (χ4n) is 3.81. The van der Waals surface area contributed by atoms with Crippen molar-refractivity contribution in [3.63, 3.8) is 0 Å². The fourth-order valence-corrected chi connectivity index (χ4v) is 3.81. The van der Waals surface area contributed by atoms with Gasteiger partial charge in [0.1, 0.15) is 5.82 Å². The first-order valence-electron chi connectivity index (χ1n) is 10.7. The number of allylic oxidation sites excluding steroid dienone is 4. The van der Waals surface area contributed by atoms with Crippen molar-refractivity contribution in [2.24, 2.45) is 5.92 Å². The van der Waals surface area contributed by atoms with Gasteiger partial charge in [-0.1, -0.05) is 51.8 Å². The van der Waals surface area contributed by atoms with E-state index in [0.717, 1.165) is 25.7 Å². The average Bonchev–Trinajstić information content (AvgIpc) is 2.87. The van der Waals surface area contributed by atoms with Gasteiger partial charge in [0.15, 0.2) is 0 Å². The summed E-state index contributed by atoms with van der Waals surface area (Å²) < 4.78 is 1.70. The van der Waals surface area contributed by atoms with E-state index >= 15 is 0 Å². The second-order valence-corrected chi connectivity index (χ2v) is 7.63. The van der Waals surface area contributed by atoms with Crippen molar-refractivity contribution in [1.82, 2.24) is 14.5 Å². The van der Waals surface area contributed by atoms with Crippen LogP contribution in [0.2, 0.25) is 0 Å². The van der Waals surface area contributed by atoms with Crippen LogP contribution in [0.4, 0.5) is 5.82 Å². The Bertz CT molecular complexity index is 775. The van der Waals surface area contributed by atoms with Gasteiger partial charge < -0.3 is 10.6 Å². The predicted octanol–water partition coefficient (Wildman–Crippen LogP) is 5.04. The number of nitrogens with two attached hydrogens (primary N) is 1. The lowest BCUT2D eigenvalue weighted by molar-refractivity contribution is 0.527. The van der Waals surface area contributed by atoms with Crippen molar-refractivity contribution < 1.29 is 0 Å². The second kappa shape index (κ2) is 10.9. The summed E-state index contributed by atoms with van der Waals surface area (Å²) in [6.45, 7) is 6.69. The van der Waals surface area contributed by atoms with Crippen LogP contribution in [0.3, 0.4) is 0 Å². The third-order valence-corrected chi connectivity index (χ3v) is 5.40. The van der Waals surface area contributed by atoms with Gasteiger partial charge >= 0.3 is 5.69 Å². The summed E-state index contributed by atoms with van der Waals surface area (Å²) in [4.78, 5) is 18.4. The summed E-state index contributed by atoms with van der Waals surface area (Å²) in [5, 5.41) is 0. The van der Waals surface area contributed by atoms with Crippen molar-refractivity contribution in [3.05, 3.63) is 58.4 Å². The maximum absolute atomic E-state index is 12.3. The van der Waals surface area contributed by atoms with Crippen LogP contribution in [0, 0.1) is 5.92 Å². The summed E-state index contributed by atoms with van der Waals surface area (Å²) in [5.41, 5.74) is 7.92. The Morgan fingerprint density at radius 1 is 1.36 bits per heavy atom. The van der Waals surface area contributed by atoms with E-state index in [1.165, 1.54) is 30.5 Å². The zero-order chi connectivity index (χ0) is 20.5. The van der Waals surface area contributed by atoms with Gasteiger partial charge in [-0.05, 0) is 55.9 Å². The summed E-state index contributed by atoms with van der Waals surface area (Å²) in [6.07, 6.45) is 18.3. The Labute approximate surface area is 169 Å². The molecule has 1 aliphatic rings. The molecule has 2 rings (SSSR count). The Morgan fingerprint density at radius 2 is 2.14 bits per heavy atom. The number of nitrogen functional groups attached to an aromatic ring is 1. The van der Waals surface area contributed by atoms with Crippen LogP contribution in [0.1, 0.15) is 71.8 Å². The van der Waals surface area contributed by atoms with E-state index in [2.05, 4.69) is 62.1 Å². The van der Waals surface area contributed by atoms with Crippen molar-refractivity contribution in [2.75, 3.05) is 12.8 Å². The van der Waals surface area contributed by atoms with E-state index in [9.17, 15) is 4.79 Å². The highest BCUT2D eigenvalue weighted by atomic mass is 16.1. The van der Waals surface area contributed by atoms with Crippen LogP contribution in [0.15, 0.2) is 52.8 Å². The Kier molecular flexibility index (Phi) is 8.55. The van der Waals surface area contributed by atoms with Crippen LogP contribution < -0.4 is 11.4 Å². The number of anilines is 1. The van der Waals surface area contributed by atoms with Crippen LogP contribution >= 0.6 is 0 Å². The van der Waals surface area contributed by atoms with E-state index in [0.29, 0.717) is 5.92 Å². The van der Waals surface area contributed by atoms with E-state index in [1.807, 2.05) is 0 Å². The molecule has 0 aromatic carbocycles. The summed E-state index contributed by atoms with van der Waals surface area (Å²) in [7, 11) is 2.13. The minimum absolute atomic E-state index is 0.0109. The first kappa shape index (κ1) is 22.0. The molecule has 0 saturated heterocycles. The maximum Gasteiger partial charge on any atom is 0.350 e. The summed E-state index contributed by atoms with van der Waals surface area (Å²) in [6, 6.07) is 1.71. The van der Waals surface area contributed by atoms with Gasteiger partial charge in [-0.15, -0.1) is 0 Å². The SMILES string of the molecule is CCCC1=CC(n2ccc(N)nc2=O)CCC=C1N(C)/C=C\[C@H](CC)CCC. The number of likely N-dealkylation sites (N-methyl/N-ethyl adjacent to an activating group) is 1. The molecule has 1 unspecified atom stereocenters.